The summed E-state index contributed by atoms with van der Waals surface area (Å²) in [6, 6.07) is 8.57. The molecule has 1 aliphatic carbocycles. The van der Waals surface area contributed by atoms with Crippen molar-refractivity contribution in [3.8, 4) is 0 Å². The van der Waals surface area contributed by atoms with Gasteiger partial charge in [0, 0.05) is 12.5 Å². The van der Waals surface area contributed by atoms with Gasteiger partial charge in [0.25, 0.3) is 0 Å². The summed E-state index contributed by atoms with van der Waals surface area (Å²) in [5.41, 5.74) is 8.52. The van der Waals surface area contributed by atoms with Crippen molar-refractivity contribution >= 4 is 18.3 Å². The van der Waals surface area contributed by atoms with Gasteiger partial charge in [-0.3, -0.25) is 4.79 Å². The second-order valence-corrected chi connectivity index (χ2v) is 6.70. The Morgan fingerprint density at radius 2 is 2.00 bits per heavy atom. The van der Waals surface area contributed by atoms with Crippen LogP contribution in [0.4, 0.5) is 0 Å². The maximum absolute atomic E-state index is 12.4. The van der Waals surface area contributed by atoms with Crippen molar-refractivity contribution in [2.24, 2.45) is 17.6 Å². The molecule has 124 valence electrons. The first-order valence-electron chi connectivity index (χ1n) is 8.09. The molecule has 0 bridgehead atoms. The topological polar surface area (TPSA) is 55.1 Å². The normalized spacial score (nSPS) is 22.2. The quantitative estimate of drug-likeness (QED) is 0.866. The third-order valence-corrected chi connectivity index (χ3v) is 4.67. The number of hydrogen-bond donors (Lipinski definition) is 2. The van der Waals surface area contributed by atoms with Crippen LogP contribution >= 0.6 is 12.4 Å². The fourth-order valence-electron chi connectivity index (χ4n) is 3.33. The first-order chi connectivity index (χ1) is 9.99. The highest BCUT2D eigenvalue weighted by molar-refractivity contribution is 5.85. The van der Waals surface area contributed by atoms with E-state index in [-0.39, 0.29) is 30.4 Å². The van der Waals surface area contributed by atoms with Crippen LogP contribution in [-0.4, -0.2) is 11.9 Å². The zero-order valence-corrected chi connectivity index (χ0v) is 14.7. The van der Waals surface area contributed by atoms with E-state index in [1.165, 1.54) is 11.1 Å². The largest absolute Gasteiger partial charge is 0.349 e. The molecule has 1 saturated carbocycles. The Bertz CT molecular complexity index is 490. The molecule has 0 radical (unpaired) electrons. The SMILES string of the molecule is Cc1ccccc1C(NC(=O)C[C@@H]1CCC[C@H]1N)C(C)C.Cl. The molecule has 1 aromatic carbocycles. The van der Waals surface area contributed by atoms with Crippen molar-refractivity contribution in [2.45, 2.75) is 58.5 Å². The minimum atomic E-state index is 0. The van der Waals surface area contributed by atoms with Gasteiger partial charge < -0.3 is 11.1 Å². The van der Waals surface area contributed by atoms with Gasteiger partial charge in [-0.05, 0) is 42.7 Å². The molecule has 0 saturated heterocycles. The summed E-state index contributed by atoms with van der Waals surface area (Å²) in [5.74, 6) is 0.862. The molecule has 0 aliphatic heterocycles. The summed E-state index contributed by atoms with van der Waals surface area (Å²) in [4.78, 5) is 12.4. The Balaban J connectivity index is 0.00000242. The molecular weight excluding hydrogens is 296 g/mol. The summed E-state index contributed by atoms with van der Waals surface area (Å²) in [6.45, 7) is 6.40. The van der Waals surface area contributed by atoms with Gasteiger partial charge in [0.2, 0.25) is 5.91 Å². The molecule has 3 atom stereocenters. The first-order valence-corrected chi connectivity index (χ1v) is 8.09. The molecule has 1 aromatic rings. The summed E-state index contributed by atoms with van der Waals surface area (Å²) in [7, 11) is 0. The molecule has 3 N–H and O–H groups in total. The van der Waals surface area contributed by atoms with E-state index >= 15 is 0 Å². The number of rotatable bonds is 5. The van der Waals surface area contributed by atoms with Gasteiger partial charge >= 0.3 is 0 Å². The number of carbonyl (C=O) groups excluding carboxylic acids is 1. The highest BCUT2D eigenvalue weighted by atomic mass is 35.5. The number of halogens is 1. The molecule has 0 heterocycles. The summed E-state index contributed by atoms with van der Waals surface area (Å²) in [6.07, 6.45) is 3.87. The lowest BCUT2D eigenvalue weighted by Crippen LogP contribution is -2.35. The van der Waals surface area contributed by atoms with Crippen LogP contribution in [0.3, 0.4) is 0 Å². The van der Waals surface area contributed by atoms with Crippen LogP contribution in [-0.2, 0) is 4.79 Å². The van der Waals surface area contributed by atoms with Crippen molar-refractivity contribution in [2.75, 3.05) is 0 Å². The third-order valence-electron chi connectivity index (χ3n) is 4.67. The predicted octanol–water partition coefficient (Wildman–Crippen LogP) is 3.75. The van der Waals surface area contributed by atoms with Gasteiger partial charge in [0.05, 0.1) is 6.04 Å². The van der Waals surface area contributed by atoms with Crippen molar-refractivity contribution in [1.82, 2.24) is 5.32 Å². The molecule has 3 nitrogen and oxygen atoms in total. The summed E-state index contributed by atoms with van der Waals surface area (Å²) < 4.78 is 0. The zero-order chi connectivity index (χ0) is 15.4. The molecule has 1 aliphatic rings. The van der Waals surface area contributed by atoms with Crippen LogP contribution in [0.2, 0.25) is 0 Å². The molecule has 22 heavy (non-hydrogen) atoms. The number of amides is 1. The van der Waals surface area contributed by atoms with E-state index in [0.29, 0.717) is 18.3 Å². The average molecular weight is 325 g/mol. The molecule has 1 fully saturated rings. The Kier molecular flexibility index (Phi) is 7.37. The Morgan fingerprint density at radius 3 is 2.55 bits per heavy atom. The highest BCUT2D eigenvalue weighted by Crippen LogP contribution is 2.28. The van der Waals surface area contributed by atoms with E-state index in [0.717, 1.165) is 19.3 Å². The second kappa shape index (κ2) is 8.54. The predicted molar refractivity (Wildman–Crippen MR) is 94.1 cm³/mol. The molecule has 1 amide bonds. The van der Waals surface area contributed by atoms with Crippen LogP contribution in [0.15, 0.2) is 24.3 Å². The van der Waals surface area contributed by atoms with Crippen molar-refractivity contribution in [3.63, 3.8) is 0 Å². The second-order valence-electron chi connectivity index (χ2n) is 6.70. The van der Waals surface area contributed by atoms with Gasteiger partial charge in [-0.15, -0.1) is 12.4 Å². The summed E-state index contributed by atoms with van der Waals surface area (Å²) in [5, 5.41) is 3.23. The van der Waals surface area contributed by atoms with Crippen molar-refractivity contribution < 1.29 is 4.79 Å². The standard InChI is InChI=1S/C18H28N2O.ClH/c1-12(2)18(15-9-5-4-7-13(15)3)20-17(21)11-14-8-6-10-16(14)19;/h4-5,7,9,12,14,16,18H,6,8,10-11,19H2,1-3H3,(H,20,21);1H/t14-,16+,18?;/m0./s1. The third kappa shape index (κ3) is 4.72. The number of nitrogens with two attached hydrogens (primary N) is 1. The number of hydrogen-bond acceptors (Lipinski definition) is 2. The smallest absolute Gasteiger partial charge is 0.220 e. The van der Waals surface area contributed by atoms with E-state index in [4.69, 9.17) is 5.73 Å². The lowest BCUT2D eigenvalue weighted by molar-refractivity contribution is -0.123. The minimum absolute atomic E-state index is 0. The van der Waals surface area contributed by atoms with Gasteiger partial charge in [0.15, 0.2) is 0 Å². The lowest BCUT2D eigenvalue weighted by Gasteiger charge is -2.25. The van der Waals surface area contributed by atoms with Gasteiger partial charge in [-0.1, -0.05) is 44.5 Å². The molecular formula is C18H29ClN2O. The highest BCUT2D eigenvalue weighted by Gasteiger charge is 2.27. The van der Waals surface area contributed by atoms with Gasteiger partial charge in [-0.25, -0.2) is 0 Å². The van der Waals surface area contributed by atoms with Crippen LogP contribution < -0.4 is 11.1 Å². The van der Waals surface area contributed by atoms with Gasteiger partial charge in [0.1, 0.15) is 0 Å². The average Bonchev–Trinajstić information content (AvgIpc) is 2.82. The maximum atomic E-state index is 12.4. The van der Waals surface area contributed by atoms with E-state index in [2.05, 4.69) is 38.2 Å². The molecule has 0 aromatic heterocycles. The summed E-state index contributed by atoms with van der Waals surface area (Å²) >= 11 is 0. The minimum Gasteiger partial charge on any atom is -0.349 e. The van der Waals surface area contributed by atoms with E-state index in [1.807, 2.05) is 12.1 Å². The Hall–Kier alpha value is -1.06. The van der Waals surface area contributed by atoms with E-state index < -0.39 is 0 Å². The Morgan fingerprint density at radius 1 is 1.32 bits per heavy atom. The number of aryl methyl sites for hydroxylation is 1. The molecule has 2 rings (SSSR count). The van der Waals surface area contributed by atoms with E-state index in [9.17, 15) is 4.79 Å². The number of nitrogens with one attached hydrogen (secondary N) is 1. The monoisotopic (exact) mass is 324 g/mol. The fourth-order valence-corrected chi connectivity index (χ4v) is 3.33. The van der Waals surface area contributed by atoms with E-state index in [1.54, 1.807) is 0 Å². The maximum Gasteiger partial charge on any atom is 0.220 e. The van der Waals surface area contributed by atoms with Crippen LogP contribution in [0.5, 0.6) is 0 Å². The van der Waals surface area contributed by atoms with Crippen molar-refractivity contribution in [1.29, 1.82) is 0 Å². The molecule has 0 spiro atoms. The Labute approximate surface area is 140 Å². The van der Waals surface area contributed by atoms with Crippen LogP contribution in [0.1, 0.15) is 56.7 Å². The van der Waals surface area contributed by atoms with Crippen LogP contribution in [0, 0.1) is 18.8 Å². The zero-order valence-electron chi connectivity index (χ0n) is 13.8. The lowest BCUT2D eigenvalue weighted by atomic mass is 9.92. The van der Waals surface area contributed by atoms with Crippen molar-refractivity contribution in [3.05, 3.63) is 35.4 Å². The molecule has 1 unspecified atom stereocenters. The van der Waals surface area contributed by atoms with Gasteiger partial charge in [-0.2, -0.15) is 0 Å². The molecule has 4 heteroatoms. The first kappa shape index (κ1) is 19.0. The van der Waals surface area contributed by atoms with Crippen LogP contribution in [0.25, 0.3) is 0 Å². The number of benzene rings is 1. The fraction of sp³-hybridized carbons (Fsp3) is 0.611. The number of carbonyl (C=O) groups is 1.